The summed E-state index contributed by atoms with van der Waals surface area (Å²) in [7, 11) is -0.501. The number of piperidine rings is 1. The number of rotatable bonds is 5. The molecule has 1 fully saturated rings. The molecular weight excluding hydrogens is 346 g/mol. The molecule has 1 amide bonds. The van der Waals surface area contributed by atoms with Crippen molar-refractivity contribution >= 4 is 44.3 Å². The summed E-state index contributed by atoms with van der Waals surface area (Å²) in [5.74, 6) is -0.576. The van der Waals surface area contributed by atoms with Gasteiger partial charge in [-0.25, -0.2) is 0 Å². The number of thioether (sulfide) groups is 1. The van der Waals surface area contributed by atoms with Crippen LogP contribution in [-0.4, -0.2) is 66.6 Å². The highest BCUT2D eigenvalue weighted by Crippen LogP contribution is 2.25. The quantitative estimate of drug-likeness (QED) is 0.610. The minimum absolute atomic E-state index is 0.195. The molecule has 1 saturated heterocycles. The van der Waals surface area contributed by atoms with Crippen molar-refractivity contribution in [3.8, 4) is 0 Å². The van der Waals surface area contributed by atoms with Crippen LogP contribution in [0.3, 0.4) is 0 Å². The molecule has 1 N–H and O–H groups in total. The topological polar surface area (TPSA) is 95.5 Å². The number of nitrogens with zero attached hydrogens (tertiary/aromatic N) is 4. The molecule has 8 nitrogen and oxygen atoms in total. The number of nitrogens with one attached hydrogen (secondary N) is 1. The van der Waals surface area contributed by atoms with E-state index in [-0.39, 0.29) is 18.4 Å². The zero-order valence-electron chi connectivity index (χ0n) is 12.6. The minimum Gasteiger partial charge on any atom is -0.300 e. The first-order chi connectivity index (χ1) is 10.3. The lowest BCUT2D eigenvalue weighted by atomic mass is 9.99. The fourth-order valence-electron chi connectivity index (χ4n) is 2.15. The van der Waals surface area contributed by atoms with E-state index in [0.29, 0.717) is 24.5 Å². The summed E-state index contributed by atoms with van der Waals surface area (Å²) in [6.45, 7) is 0.639. The van der Waals surface area contributed by atoms with Gasteiger partial charge in [0.25, 0.3) is 10.2 Å². The van der Waals surface area contributed by atoms with Gasteiger partial charge >= 0.3 is 0 Å². The molecule has 0 radical (unpaired) electrons. The van der Waals surface area contributed by atoms with Crippen LogP contribution in [0.4, 0.5) is 5.13 Å². The Balaban J connectivity index is 2.01. The number of amides is 1. The van der Waals surface area contributed by atoms with E-state index in [1.165, 1.54) is 45.8 Å². The van der Waals surface area contributed by atoms with Gasteiger partial charge in [-0.15, -0.1) is 10.2 Å². The van der Waals surface area contributed by atoms with Gasteiger partial charge in [0.1, 0.15) is 0 Å². The SMILES string of the molecule is CSc1nnc(NC(=O)[C@H]2CCCN(S(=O)(=O)N(C)C)C2)s1. The maximum absolute atomic E-state index is 12.3. The van der Waals surface area contributed by atoms with Gasteiger partial charge in [-0.1, -0.05) is 23.1 Å². The van der Waals surface area contributed by atoms with Gasteiger partial charge in [0.15, 0.2) is 4.34 Å². The summed E-state index contributed by atoms with van der Waals surface area (Å²) < 4.78 is 27.6. The Morgan fingerprint density at radius 3 is 2.77 bits per heavy atom. The first kappa shape index (κ1) is 17.6. The molecule has 22 heavy (non-hydrogen) atoms. The second-order valence-electron chi connectivity index (χ2n) is 5.05. The van der Waals surface area contributed by atoms with Crippen LogP contribution in [-0.2, 0) is 15.0 Å². The molecule has 1 aromatic rings. The molecule has 1 atom stereocenters. The van der Waals surface area contributed by atoms with Gasteiger partial charge < -0.3 is 5.32 Å². The van der Waals surface area contributed by atoms with Gasteiger partial charge in [0.05, 0.1) is 5.92 Å². The molecule has 0 aliphatic carbocycles. The molecule has 2 rings (SSSR count). The summed E-state index contributed by atoms with van der Waals surface area (Å²) in [4.78, 5) is 12.3. The molecule has 11 heteroatoms. The lowest BCUT2D eigenvalue weighted by Crippen LogP contribution is -2.47. The Hall–Kier alpha value is -0.750. The molecule has 2 heterocycles. The van der Waals surface area contributed by atoms with E-state index < -0.39 is 10.2 Å². The zero-order valence-corrected chi connectivity index (χ0v) is 15.1. The number of carbonyl (C=O) groups excluding carboxylic acids is 1. The number of hydrogen-bond acceptors (Lipinski definition) is 7. The third kappa shape index (κ3) is 3.96. The average Bonchev–Trinajstić information content (AvgIpc) is 2.94. The number of anilines is 1. The van der Waals surface area contributed by atoms with E-state index in [1.807, 2.05) is 6.26 Å². The maximum atomic E-state index is 12.3. The molecule has 1 aromatic heterocycles. The Morgan fingerprint density at radius 1 is 1.45 bits per heavy atom. The van der Waals surface area contributed by atoms with Crippen molar-refractivity contribution in [2.75, 3.05) is 38.8 Å². The van der Waals surface area contributed by atoms with Gasteiger partial charge in [0, 0.05) is 27.2 Å². The van der Waals surface area contributed by atoms with Crippen LogP contribution < -0.4 is 5.32 Å². The van der Waals surface area contributed by atoms with Crippen LogP contribution in [0.25, 0.3) is 0 Å². The van der Waals surface area contributed by atoms with Crippen LogP contribution in [0, 0.1) is 5.92 Å². The number of hydrogen-bond donors (Lipinski definition) is 1. The summed E-state index contributed by atoms with van der Waals surface area (Å²) in [5.41, 5.74) is 0. The van der Waals surface area contributed by atoms with Crippen molar-refractivity contribution in [2.24, 2.45) is 5.92 Å². The van der Waals surface area contributed by atoms with Crippen LogP contribution in [0.2, 0.25) is 0 Å². The summed E-state index contributed by atoms with van der Waals surface area (Å²) in [6.07, 6.45) is 3.22. The Morgan fingerprint density at radius 2 is 2.18 bits per heavy atom. The van der Waals surface area contributed by atoms with E-state index in [0.717, 1.165) is 4.34 Å². The van der Waals surface area contributed by atoms with Crippen LogP contribution >= 0.6 is 23.1 Å². The van der Waals surface area contributed by atoms with Gasteiger partial charge in [0.2, 0.25) is 11.0 Å². The average molecular weight is 366 g/mol. The zero-order chi connectivity index (χ0) is 16.3. The molecule has 1 aliphatic rings. The number of aromatic nitrogens is 2. The van der Waals surface area contributed by atoms with Crippen molar-refractivity contribution in [3.63, 3.8) is 0 Å². The lowest BCUT2D eigenvalue weighted by Gasteiger charge is -2.32. The predicted octanol–water partition coefficient (Wildman–Crippen LogP) is 0.717. The lowest BCUT2D eigenvalue weighted by molar-refractivity contribution is -0.120. The first-order valence-electron chi connectivity index (χ1n) is 6.70. The van der Waals surface area contributed by atoms with Gasteiger partial charge in [-0.3, -0.25) is 4.79 Å². The Bertz CT molecular complexity index is 631. The summed E-state index contributed by atoms with van der Waals surface area (Å²) in [6, 6.07) is 0. The molecule has 124 valence electrons. The van der Waals surface area contributed by atoms with E-state index in [1.54, 1.807) is 0 Å². The molecule has 0 saturated carbocycles. The highest BCUT2D eigenvalue weighted by atomic mass is 32.2. The van der Waals surface area contributed by atoms with Crippen molar-refractivity contribution in [1.82, 2.24) is 18.8 Å². The summed E-state index contributed by atoms with van der Waals surface area (Å²) in [5, 5.41) is 11.0. The standard InChI is InChI=1S/C11H19N5O3S3/c1-15(2)22(18,19)16-6-4-5-8(7-16)9(17)12-10-13-14-11(20-3)21-10/h8H,4-7H2,1-3H3,(H,12,13,17)/t8-/m0/s1. The second-order valence-corrected chi connectivity index (χ2v) is 9.23. The van der Waals surface area contributed by atoms with E-state index in [2.05, 4.69) is 15.5 Å². The highest BCUT2D eigenvalue weighted by molar-refractivity contribution is 8.00. The van der Waals surface area contributed by atoms with Crippen molar-refractivity contribution < 1.29 is 13.2 Å². The van der Waals surface area contributed by atoms with Gasteiger partial charge in [-0.2, -0.15) is 17.0 Å². The fourth-order valence-corrected chi connectivity index (χ4v) is 4.51. The van der Waals surface area contributed by atoms with Crippen molar-refractivity contribution in [2.45, 2.75) is 17.2 Å². The third-order valence-electron chi connectivity index (χ3n) is 3.35. The molecule has 0 unspecified atom stereocenters. The highest BCUT2D eigenvalue weighted by Gasteiger charge is 2.33. The summed E-state index contributed by atoms with van der Waals surface area (Å²) >= 11 is 2.76. The van der Waals surface area contributed by atoms with Gasteiger partial charge in [-0.05, 0) is 19.1 Å². The van der Waals surface area contributed by atoms with E-state index in [9.17, 15) is 13.2 Å². The monoisotopic (exact) mass is 365 g/mol. The predicted molar refractivity (Wildman–Crippen MR) is 87.2 cm³/mol. The van der Waals surface area contributed by atoms with Crippen molar-refractivity contribution in [3.05, 3.63) is 0 Å². The molecular formula is C11H19N5O3S3. The maximum Gasteiger partial charge on any atom is 0.281 e. The molecule has 0 spiro atoms. The molecule has 1 aliphatic heterocycles. The fraction of sp³-hybridized carbons (Fsp3) is 0.727. The molecule has 0 aromatic carbocycles. The van der Waals surface area contributed by atoms with E-state index in [4.69, 9.17) is 0 Å². The Labute approximate surface area is 138 Å². The number of carbonyl (C=O) groups is 1. The third-order valence-corrected chi connectivity index (χ3v) is 7.08. The van der Waals surface area contributed by atoms with Crippen LogP contribution in [0.1, 0.15) is 12.8 Å². The smallest absolute Gasteiger partial charge is 0.281 e. The normalized spacial score (nSPS) is 20.3. The second kappa shape index (κ2) is 7.21. The van der Waals surface area contributed by atoms with Crippen molar-refractivity contribution in [1.29, 1.82) is 0 Å². The first-order valence-corrected chi connectivity index (χ1v) is 10.1. The molecule has 0 bridgehead atoms. The Kier molecular flexibility index (Phi) is 5.77. The minimum atomic E-state index is -3.48. The van der Waals surface area contributed by atoms with Crippen LogP contribution in [0.5, 0.6) is 0 Å². The van der Waals surface area contributed by atoms with Crippen LogP contribution in [0.15, 0.2) is 4.34 Å². The largest absolute Gasteiger partial charge is 0.300 e. The van der Waals surface area contributed by atoms with E-state index >= 15 is 0 Å².